The maximum absolute atomic E-state index is 13.4. The van der Waals surface area contributed by atoms with Crippen molar-refractivity contribution in [1.29, 1.82) is 0 Å². The molecule has 1 aromatic heterocycles. The van der Waals surface area contributed by atoms with E-state index in [2.05, 4.69) is 5.32 Å². The summed E-state index contributed by atoms with van der Waals surface area (Å²) < 4.78 is 25.3. The van der Waals surface area contributed by atoms with Gasteiger partial charge in [-0.3, -0.25) is 9.59 Å². The van der Waals surface area contributed by atoms with Crippen LogP contribution in [-0.2, 0) is 6.42 Å². The van der Waals surface area contributed by atoms with Crippen LogP contribution < -0.4 is 15.8 Å². The number of halogens is 1. The van der Waals surface area contributed by atoms with Crippen LogP contribution in [0.5, 0.6) is 5.75 Å². The number of ether oxygens (including phenoxy) is 1. The van der Waals surface area contributed by atoms with Gasteiger partial charge in [0.2, 0.25) is 0 Å². The Labute approximate surface area is 215 Å². The van der Waals surface area contributed by atoms with Gasteiger partial charge >= 0.3 is 0 Å². The molecule has 0 fully saturated rings. The first-order valence-corrected chi connectivity index (χ1v) is 12.3. The second-order valence-electron chi connectivity index (χ2n) is 9.82. The molecule has 1 heterocycles. The highest BCUT2D eigenvalue weighted by molar-refractivity contribution is 6.10. The lowest BCUT2D eigenvalue weighted by Crippen LogP contribution is -2.27. The highest BCUT2D eigenvalue weighted by Gasteiger charge is 2.21. The number of nitrogens with two attached hydrogens (primary N) is 1. The largest absolute Gasteiger partial charge is 0.491 e. The quantitative estimate of drug-likeness (QED) is 0.289. The average molecular weight is 503 g/mol. The summed E-state index contributed by atoms with van der Waals surface area (Å²) >= 11 is 0. The van der Waals surface area contributed by atoms with Gasteiger partial charge in [-0.2, -0.15) is 0 Å². The number of primary amides is 1. The van der Waals surface area contributed by atoms with E-state index in [0.717, 1.165) is 11.1 Å². The number of rotatable bonds is 9. The lowest BCUT2D eigenvalue weighted by molar-refractivity contribution is 0.0947. The molecule has 192 valence electrons. The highest BCUT2D eigenvalue weighted by atomic mass is 19.1. The molecule has 7 heteroatoms. The van der Waals surface area contributed by atoms with Crippen LogP contribution >= 0.6 is 0 Å². The van der Waals surface area contributed by atoms with E-state index in [-0.39, 0.29) is 23.4 Å². The van der Waals surface area contributed by atoms with Crippen LogP contribution in [0.1, 0.15) is 59.5 Å². The van der Waals surface area contributed by atoms with Gasteiger partial charge in [0.1, 0.15) is 22.9 Å². The van der Waals surface area contributed by atoms with E-state index in [4.69, 9.17) is 14.9 Å². The maximum Gasteiger partial charge on any atom is 0.253 e. The van der Waals surface area contributed by atoms with Crippen molar-refractivity contribution >= 4 is 22.8 Å². The zero-order chi connectivity index (χ0) is 26.7. The zero-order valence-corrected chi connectivity index (χ0v) is 21.4. The van der Waals surface area contributed by atoms with Crippen LogP contribution in [0.3, 0.4) is 0 Å². The first-order valence-electron chi connectivity index (χ1n) is 12.3. The molecule has 37 heavy (non-hydrogen) atoms. The average Bonchev–Trinajstić information content (AvgIpc) is 3.21. The van der Waals surface area contributed by atoms with Gasteiger partial charge < -0.3 is 20.2 Å². The fraction of sp³-hybridized carbons (Fsp3) is 0.267. The fourth-order valence-electron chi connectivity index (χ4n) is 4.17. The normalized spacial score (nSPS) is 11.3. The van der Waals surface area contributed by atoms with Crippen molar-refractivity contribution in [2.75, 3.05) is 6.54 Å². The summed E-state index contributed by atoms with van der Waals surface area (Å²) in [6, 6.07) is 16.8. The first kappa shape index (κ1) is 25.9. The smallest absolute Gasteiger partial charge is 0.253 e. The molecular formula is C30H31FN2O4. The van der Waals surface area contributed by atoms with E-state index in [1.54, 1.807) is 24.3 Å². The monoisotopic (exact) mass is 502 g/mol. The van der Waals surface area contributed by atoms with Gasteiger partial charge in [-0.1, -0.05) is 19.9 Å². The van der Waals surface area contributed by atoms with Crippen molar-refractivity contribution in [3.8, 4) is 17.1 Å². The summed E-state index contributed by atoms with van der Waals surface area (Å²) in [5.74, 6) is 0.0725. The van der Waals surface area contributed by atoms with Gasteiger partial charge in [0.15, 0.2) is 0 Å². The van der Waals surface area contributed by atoms with E-state index in [1.165, 1.54) is 12.1 Å². The summed E-state index contributed by atoms with van der Waals surface area (Å²) in [4.78, 5) is 25.2. The van der Waals surface area contributed by atoms with E-state index >= 15 is 0 Å². The third kappa shape index (κ3) is 6.17. The van der Waals surface area contributed by atoms with Crippen LogP contribution in [0.2, 0.25) is 0 Å². The molecule has 0 atom stereocenters. The third-order valence-electron chi connectivity index (χ3n) is 5.78. The number of hydrogen-bond acceptors (Lipinski definition) is 4. The molecule has 4 aromatic rings. The van der Waals surface area contributed by atoms with Crippen LogP contribution in [0.25, 0.3) is 22.3 Å². The topological polar surface area (TPSA) is 94.6 Å². The Bertz CT molecular complexity index is 1440. The van der Waals surface area contributed by atoms with E-state index in [9.17, 15) is 14.0 Å². The molecule has 0 radical (unpaired) electrons. The van der Waals surface area contributed by atoms with Crippen LogP contribution in [0, 0.1) is 11.7 Å². The van der Waals surface area contributed by atoms with Gasteiger partial charge in [0.25, 0.3) is 11.8 Å². The Morgan fingerprint density at radius 3 is 2.35 bits per heavy atom. The molecule has 0 unspecified atom stereocenters. The Morgan fingerprint density at radius 1 is 0.973 bits per heavy atom. The van der Waals surface area contributed by atoms with Gasteiger partial charge in [-0.25, -0.2) is 4.39 Å². The first-order chi connectivity index (χ1) is 17.6. The van der Waals surface area contributed by atoms with E-state index in [1.807, 2.05) is 52.0 Å². The molecule has 0 aliphatic carbocycles. The van der Waals surface area contributed by atoms with Crippen molar-refractivity contribution in [3.63, 3.8) is 0 Å². The molecule has 0 spiro atoms. The number of amides is 2. The molecule has 0 aliphatic heterocycles. The SMILES string of the molecule is CC(C)CNC(=O)c1cc(Cc2ccc3oc(-c4ccc(F)cc4)c(C(N)=O)c3c2)cc(OC(C)C)c1. The highest BCUT2D eigenvalue weighted by Crippen LogP contribution is 2.34. The van der Waals surface area contributed by atoms with Crippen molar-refractivity contribution in [2.45, 2.75) is 40.2 Å². The molecule has 3 N–H and O–H groups in total. The Hall–Kier alpha value is -4.13. The summed E-state index contributed by atoms with van der Waals surface area (Å²) in [6.45, 7) is 8.52. The Kier molecular flexibility index (Phi) is 7.62. The standard InChI is InChI=1S/C30H31FN2O4/c1-17(2)16-33-30(35)22-12-20(13-24(15-22)36-18(3)4)11-19-5-10-26-25(14-19)27(29(32)34)28(37-26)21-6-8-23(31)9-7-21/h5-10,12-15,17-18H,11,16H2,1-4H3,(H2,32,34)(H,33,35). The number of hydrogen-bond donors (Lipinski definition) is 2. The summed E-state index contributed by atoms with van der Waals surface area (Å²) in [6.07, 6.45) is 0.442. The second-order valence-corrected chi connectivity index (χ2v) is 9.82. The summed E-state index contributed by atoms with van der Waals surface area (Å²) in [5, 5.41) is 3.53. The van der Waals surface area contributed by atoms with E-state index < -0.39 is 5.91 Å². The zero-order valence-electron chi connectivity index (χ0n) is 21.4. The van der Waals surface area contributed by atoms with Crippen molar-refractivity contribution in [2.24, 2.45) is 11.7 Å². The fourth-order valence-corrected chi connectivity index (χ4v) is 4.17. The maximum atomic E-state index is 13.4. The molecular weight excluding hydrogens is 471 g/mol. The summed E-state index contributed by atoms with van der Waals surface area (Å²) in [7, 11) is 0. The lowest BCUT2D eigenvalue weighted by Gasteiger charge is -2.14. The van der Waals surface area contributed by atoms with Crippen LogP contribution in [-0.4, -0.2) is 24.5 Å². The Balaban J connectivity index is 1.71. The van der Waals surface area contributed by atoms with Crippen LogP contribution in [0.15, 0.2) is 65.1 Å². The number of nitrogens with one attached hydrogen (secondary N) is 1. The molecule has 2 amide bonds. The molecule has 0 saturated heterocycles. The number of fused-ring (bicyclic) bond motifs is 1. The molecule has 0 saturated carbocycles. The predicted molar refractivity (Wildman–Crippen MR) is 142 cm³/mol. The van der Waals surface area contributed by atoms with Crippen LogP contribution in [0.4, 0.5) is 4.39 Å². The minimum atomic E-state index is -0.633. The number of benzene rings is 3. The number of furan rings is 1. The van der Waals surface area contributed by atoms with Crippen molar-refractivity contribution in [1.82, 2.24) is 5.32 Å². The predicted octanol–water partition coefficient (Wildman–Crippen LogP) is 6.10. The van der Waals surface area contributed by atoms with Gasteiger partial charge in [0.05, 0.1) is 11.7 Å². The lowest BCUT2D eigenvalue weighted by atomic mass is 9.99. The third-order valence-corrected chi connectivity index (χ3v) is 5.78. The molecule has 0 bridgehead atoms. The van der Waals surface area contributed by atoms with Gasteiger partial charge in [0, 0.05) is 23.1 Å². The van der Waals surface area contributed by atoms with E-state index in [0.29, 0.717) is 52.5 Å². The molecule has 3 aromatic carbocycles. The Morgan fingerprint density at radius 2 is 1.70 bits per heavy atom. The summed E-state index contributed by atoms with van der Waals surface area (Å²) in [5.41, 5.74) is 9.34. The minimum Gasteiger partial charge on any atom is -0.491 e. The molecule has 4 rings (SSSR count). The van der Waals surface area contributed by atoms with Gasteiger partial charge in [-0.05, 0) is 91.9 Å². The second kappa shape index (κ2) is 10.9. The van der Waals surface area contributed by atoms with Crippen molar-refractivity contribution in [3.05, 3.63) is 88.7 Å². The number of carbonyl (C=O) groups is 2. The molecule has 6 nitrogen and oxygen atoms in total. The molecule has 0 aliphatic rings. The minimum absolute atomic E-state index is 0.0490. The number of carbonyl (C=O) groups excluding carboxylic acids is 2. The van der Waals surface area contributed by atoms with Gasteiger partial charge in [-0.15, -0.1) is 0 Å². The van der Waals surface area contributed by atoms with Crippen molar-refractivity contribution < 1.29 is 23.1 Å².